The molecule has 0 saturated carbocycles. The fourth-order valence-corrected chi connectivity index (χ4v) is 2.98. The van der Waals surface area contributed by atoms with Gasteiger partial charge in [-0.2, -0.15) is 5.26 Å². The fraction of sp³-hybridized carbons (Fsp3) is 0.0435. The van der Waals surface area contributed by atoms with Gasteiger partial charge in [-0.25, -0.2) is 0 Å². The number of amides is 3. The number of rotatable bonds is 6. The first-order valence-corrected chi connectivity index (χ1v) is 10.2. The zero-order chi connectivity index (χ0) is 22.9. The molecule has 160 valence electrons. The second-order valence-corrected chi connectivity index (χ2v) is 7.36. The summed E-state index contributed by atoms with van der Waals surface area (Å²) in [5.74, 6) is -1.62. The van der Waals surface area contributed by atoms with Crippen molar-refractivity contribution in [3.8, 4) is 6.07 Å². The van der Waals surface area contributed by atoms with E-state index in [0.717, 1.165) is 4.47 Å². The van der Waals surface area contributed by atoms with Gasteiger partial charge >= 0.3 is 11.8 Å². The van der Waals surface area contributed by atoms with Crippen molar-refractivity contribution >= 4 is 51.1 Å². The van der Waals surface area contributed by atoms with Gasteiger partial charge in [0.25, 0.3) is 5.91 Å². The molecule has 8 nitrogen and oxygen atoms in total. The average molecular weight is 493 g/mol. The van der Waals surface area contributed by atoms with Crippen molar-refractivity contribution in [1.82, 2.24) is 5.32 Å². The van der Waals surface area contributed by atoms with Gasteiger partial charge in [0.2, 0.25) is 0 Å². The predicted molar refractivity (Wildman–Crippen MR) is 122 cm³/mol. The third kappa shape index (κ3) is 6.42. The lowest BCUT2D eigenvalue weighted by Gasteiger charge is -2.05. The van der Waals surface area contributed by atoms with E-state index >= 15 is 0 Å². The van der Waals surface area contributed by atoms with Crippen molar-refractivity contribution in [2.75, 3.05) is 10.6 Å². The minimum atomic E-state index is -0.826. The van der Waals surface area contributed by atoms with E-state index in [2.05, 4.69) is 31.9 Å². The third-order valence-electron chi connectivity index (χ3n) is 4.08. The van der Waals surface area contributed by atoms with Crippen LogP contribution in [0, 0.1) is 11.3 Å². The van der Waals surface area contributed by atoms with Gasteiger partial charge in [-0.1, -0.05) is 40.2 Å². The van der Waals surface area contributed by atoms with Crippen molar-refractivity contribution in [2.45, 2.75) is 6.54 Å². The summed E-state index contributed by atoms with van der Waals surface area (Å²) in [4.78, 5) is 36.2. The summed E-state index contributed by atoms with van der Waals surface area (Å²) in [5.41, 5.74) is 0.877. The zero-order valence-corrected chi connectivity index (χ0v) is 18.2. The summed E-state index contributed by atoms with van der Waals surface area (Å²) in [6.45, 7) is -0.0407. The Labute approximate surface area is 192 Å². The molecule has 0 radical (unpaired) electrons. The van der Waals surface area contributed by atoms with E-state index in [1.807, 2.05) is 12.1 Å². The molecule has 0 spiro atoms. The van der Waals surface area contributed by atoms with Crippen LogP contribution in [0.3, 0.4) is 0 Å². The molecule has 32 heavy (non-hydrogen) atoms. The molecule has 0 unspecified atom stereocenters. The summed E-state index contributed by atoms with van der Waals surface area (Å²) in [5, 5.41) is 16.9. The Bertz CT molecular complexity index is 1210. The molecule has 3 amide bonds. The van der Waals surface area contributed by atoms with E-state index in [4.69, 9.17) is 4.42 Å². The lowest BCUT2D eigenvalue weighted by molar-refractivity contribution is -0.136. The monoisotopic (exact) mass is 492 g/mol. The largest absolute Gasteiger partial charge is 0.460 e. The van der Waals surface area contributed by atoms with E-state index in [0.29, 0.717) is 17.1 Å². The van der Waals surface area contributed by atoms with Gasteiger partial charge in [0, 0.05) is 21.9 Å². The number of nitrogens with one attached hydrogen (secondary N) is 3. The van der Waals surface area contributed by atoms with Crippen LogP contribution in [0.2, 0.25) is 0 Å². The lowest BCUT2D eigenvalue weighted by Crippen LogP contribution is -2.34. The number of halogens is 1. The standard InChI is InChI=1S/C23H17BrN4O4/c24-16-5-4-8-18(12-16)28-21(29)15(13-25)11-19-9-10-20(32-19)14-26-22(30)23(31)27-17-6-2-1-3-7-17/h1-12H,14H2,(H,26,30)(H,27,31)(H,28,29)/b15-11-. The smallest absolute Gasteiger partial charge is 0.313 e. The van der Waals surface area contributed by atoms with E-state index in [1.54, 1.807) is 60.7 Å². The fourth-order valence-electron chi connectivity index (χ4n) is 2.58. The van der Waals surface area contributed by atoms with Crippen LogP contribution in [-0.4, -0.2) is 17.7 Å². The first-order valence-electron chi connectivity index (χ1n) is 9.36. The molecule has 0 saturated heterocycles. The Morgan fingerprint density at radius 2 is 1.62 bits per heavy atom. The van der Waals surface area contributed by atoms with E-state index in [1.165, 1.54) is 6.08 Å². The highest BCUT2D eigenvalue weighted by molar-refractivity contribution is 9.10. The minimum absolute atomic E-state index is 0.0407. The molecule has 0 bridgehead atoms. The van der Waals surface area contributed by atoms with Crippen molar-refractivity contribution < 1.29 is 18.8 Å². The van der Waals surface area contributed by atoms with Crippen LogP contribution < -0.4 is 16.0 Å². The van der Waals surface area contributed by atoms with Gasteiger partial charge in [0.15, 0.2) is 0 Å². The number of anilines is 2. The molecule has 3 rings (SSSR count). The number of carbonyl (C=O) groups is 3. The Morgan fingerprint density at radius 1 is 0.906 bits per heavy atom. The Balaban J connectivity index is 1.57. The van der Waals surface area contributed by atoms with Gasteiger partial charge in [-0.05, 0) is 42.5 Å². The highest BCUT2D eigenvalue weighted by Crippen LogP contribution is 2.17. The Kier molecular flexibility index (Phi) is 7.56. The maximum Gasteiger partial charge on any atom is 0.313 e. The van der Waals surface area contributed by atoms with Crippen LogP contribution in [0.25, 0.3) is 6.08 Å². The van der Waals surface area contributed by atoms with Gasteiger partial charge < -0.3 is 20.4 Å². The maximum absolute atomic E-state index is 12.3. The SMILES string of the molecule is N#C/C(=C/c1ccc(CNC(=O)C(=O)Nc2ccccc2)o1)C(=O)Nc1cccc(Br)c1. The molecule has 3 aromatic rings. The van der Waals surface area contributed by atoms with Crippen LogP contribution in [0.4, 0.5) is 11.4 Å². The number of nitriles is 1. The summed E-state index contributed by atoms with van der Waals surface area (Å²) < 4.78 is 6.31. The first kappa shape index (κ1) is 22.5. The molecular formula is C23H17BrN4O4. The zero-order valence-electron chi connectivity index (χ0n) is 16.6. The molecular weight excluding hydrogens is 476 g/mol. The highest BCUT2D eigenvalue weighted by atomic mass is 79.9. The molecule has 2 aromatic carbocycles. The predicted octanol–water partition coefficient (Wildman–Crippen LogP) is 3.84. The van der Waals surface area contributed by atoms with Gasteiger partial charge in [0.05, 0.1) is 6.54 Å². The van der Waals surface area contributed by atoms with Gasteiger partial charge in [0.1, 0.15) is 23.2 Å². The number of benzene rings is 2. The Hall–Kier alpha value is -4.16. The number of carbonyl (C=O) groups excluding carboxylic acids is 3. The van der Waals surface area contributed by atoms with Gasteiger partial charge in [-0.15, -0.1) is 0 Å². The molecule has 9 heteroatoms. The Morgan fingerprint density at radius 3 is 2.34 bits per heavy atom. The molecule has 0 aliphatic rings. The summed E-state index contributed by atoms with van der Waals surface area (Å²) >= 11 is 3.31. The normalized spacial score (nSPS) is 10.7. The number of furan rings is 1. The van der Waals surface area contributed by atoms with Crippen LogP contribution in [0.1, 0.15) is 11.5 Å². The maximum atomic E-state index is 12.3. The summed E-state index contributed by atoms with van der Waals surface area (Å²) in [7, 11) is 0. The molecule has 1 aromatic heterocycles. The number of para-hydroxylation sites is 1. The molecule has 0 fully saturated rings. The summed E-state index contributed by atoms with van der Waals surface area (Å²) in [6.07, 6.45) is 1.29. The highest BCUT2D eigenvalue weighted by Gasteiger charge is 2.15. The average Bonchev–Trinajstić information content (AvgIpc) is 3.24. The topological polar surface area (TPSA) is 124 Å². The molecule has 0 aliphatic heterocycles. The van der Waals surface area contributed by atoms with Gasteiger partial charge in [-0.3, -0.25) is 14.4 Å². The number of nitrogens with zero attached hydrogens (tertiary/aromatic N) is 1. The molecule has 3 N–H and O–H groups in total. The second kappa shape index (κ2) is 10.7. The van der Waals surface area contributed by atoms with Crippen molar-refractivity contribution in [3.05, 3.63) is 88.3 Å². The third-order valence-corrected chi connectivity index (χ3v) is 4.57. The van der Waals surface area contributed by atoms with Crippen LogP contribution in [0.15, 0.2) is 81.2 Å². The summed E-state index contributed by atoms with van der Waals surface area (Å²) in [6, 6.07) is 20.5. The van der Waals surface area contributed by atoms with E-state index in [9.17, 15) is 19.6 Å². The number of hydrogen-bond acceptors (Lipinski definition) is 5. The van der Waals surface area contributed by atoms with Crippen molar-refractivity contribution in [2.24, 2.45) is 0 Å². The second-order valence-electron chi connectivity index (χ2n) is 6.44. The van der Waals surface area contributed by atoms with Crippen LogP contribution in [0.5, 0.6) is 0 Å². The van der Waals surface area contributed by atoms with Crippen LogP contribution >= 0.6 is 15.9 Å². The molecule has 0 atom stereocenters. The van der Waals surface area contributed by atoms with Crippen molar-refractivity contribution in [1.29, 1.82) is 5.26 Å². The van der Waals surface area contributed by atoms with E-state index < -0.39 is 17.7 Å². The minimum Gasteiger partial charge on any atom is -0.460 e. The van der Waals surface area contributed by atoms with E-state index in [-0.39, 0.29) is 17.9 Å². The van der Waals surface area contributed by atoms with Crippen molar-refractivity contribution in [3.63, 3.8) is 0 Å². The van der Waals surface area contributed by atoms with Crippen LogP contribution in [-0.2, 0) is 20.9 Å². The molecule has 0 aliphatic carbocycles. The quantitative estimate of drug-likeness (QED) is 0.274. The lowest BCUT2D eigenvalue weighted by atomic mass is 10.2. The molecule has 1 heterocycles. The first-order chi connectivity index (χ1) is 15.4. The number of hydrogen-bond donors (Lipinski definition) is 3.